The molecule has 0 aromatic heterocycles. The Morgan fingerprint density at radius 2 is 1.95 bits per heavy atom. The van der Waals surface area contributed by atoms with Crippen molar-refractivity contribution < 1.29 is 29.6 Å². The lowest BCUT2D eigenvalue weighted by Gasteiger charge is -2.23. The quantitative estimate of drug-likeness (QED) is 0.669. The first-order chi connectivity index (χ1) is 9.54. The summed E-state index contributed by atoms with van der Waals surface area (Å²) in [5.74, 6) is -0.666. The van der Waals surface area contributed by atoms with Gasteiger partial charge in [-0.15, -0.1) is 0 Å². The number of benzene rings is 1. The zero-order valence-electron chi connectivity index (χ0n) is 10.5. The lowest BCUT2D eigenvalue weighted by atomic mass is 10.1. The van der Waals surface area contributed by atoms with E-state index < -0.39 is 36.9 Å². The average Bonchev–Trinajstić information content (AvgIpc) is 2.76. The van der Waals surface area contributed by atoms with Gasteiger partial charge in [0.15, 0.2) is 6.10 Å². The van der Waals surface area contributed by atoms with E-state index in [0.29, 0.717) is 5.56 Å². The van der Waals surface area contributed by atoms with Crippen LogP contribution in [0.4, 0.5) is 4.79 Å². The molecule has 0 bridgehead atoms. The number of amides is 1. The maximum atomic E-state index is 11.9. The highest BCUT2D eigenvalue weighted by molar-refractivity contribution is 5.89. The molecule has 2 rings (SSSR count). The second-order valence-electron chi connectivity index (χ2n) is 4.49. The Kier molecular flexibility index (Phi) is 4.21. The molecule has 0 saturated carbocycles. The van der Waals surface area contributed by atoms with E-state index in [4.69, 9.17) is 9.84 Å². The normalized spacial score (nSPS) is 25.5. The first kappa shape index (κ1) is 14.3. The van der Waals surface area contributed by atoms with Crippen molar-refractivity contribution in [2.75, 3.05) is 13.2 Å². The minimum absolute atomic E-state index is 0.201. The van der Waals surface area contributed by atoms with Crippen molar-refractivity contribution in [1.82, 2.24) is 4.90 Å². The molecule has 1 fully saturated rings. The van der Waals surface area contributed by atoms with Crippen LogP contribution in [0.25, 0.3) is 0 Å². The van der Waals surface area contributed by atoms with E-state index in [2.05, 4.69) is 0 Å². The van der Waals surface area contributed by atoms with Crippen molar-refractivity contribution in [2.24, 2.45) is 0 Å². The third-order valence-corrected chi connectivity index (χ3v) is 3.23. The first-order valence-corrected chi connectivity index (χ1v) is 6.09. The van der Waals surface area contributed by atoms with Gasteiger partial charge in [-0.2, -0.15) is 0 Å². The fraction of sp³-hybridized carbons (Fsp3) is 0.385. The Morgan fingerprint density at radius 3 is 2.50 bits per heavy atom. The van der Waals surface area contributed by atoms with Crippen molar-refractivity contribution in [2.45, 2.75) is 18.2 Å². The van der Waals surface area contributed by atoms with Crippen molar-refractivity contribution in [3.05, 3.63) is 35.9 Å². The van der Waals surface area contributed by atoms with Crippen molar-refractivity contribution >= 4 is 12.1 Å². The number of carbonyl (C=O) groups is 2. The summed E-state index contributed by atoms with van der Waals surface area (Å²) in [6.07, 6.45) is -3.51. The molecule has 0 radical (unpaired) electrons. The molecule has 1 saturated heterocycles. The number of carbonyl (C=O) groups excluding carboxylic acids is 1. The largest absolute Gasteiger partial charge is 0.465 e. The lowest BCUT2D eigenvalue weighted by molar-refractivity contribution is -0.0173. The molecule has 1 amide bonds. The summed E-state index contributed by atoms with van der Waals surface area (Å²) in [5.41, 5.74) is 0.296. The van der Waals surface area contributed by atoms with Crippen LogP contribution < -0.4 is 0 Å². The number of β-amino-alcohol motifs (C(OH)–C–C–N with tert-alkyl or cyclic N) is 1. The van der Waals surface area contributed by atoms with E-state index in [0.717, 1.165) is 4.90 Å². The molecular weight excluding hydrogens is 266 g/mol. The fourth-order valence-corrected chi connectivity index (χ4v) is 2.22. The second-order valence-corrected chi connectivity index (χ2v) is 4.49. The Labute approximate surface area is 115 Å². The van der Waals surface area contributed by atoms with Gasteiger partial charge in [-0.1, -0.05) is 18.2 Å². The summed E-state index contributed by atoms with van der Waals surface area (Å²) in [5, 5.41) is 28.0. The molecule has 3 N–H and O–H groups in total. The molecule has 1 heterocycles. The number of esters is 1. The third-order valence-electron chi connectivity index (χ3n) is 3.23. The van der Waals surface area contributed by atoms with Crippen molar-refractivity contribution in [1.29, 1.82) is 0 Å². The van der Waals surface area contributed by atoms with Crippen LogP contribution in [0.15, 0.2) is 30.3 Å². The van der Waals surface area contributed by atoms with Crippen molar-refractivity contribution in [3.63, 3.8) is 0 Å². The van der Waals surface area contributed by atoms with Crippen LogP contribution in [0.5, 0.6) is 0 Å². The molecular formula is C13H15NO6. The van der Waals surface area contributed by atoms with Gasteiger partial charge in [0.05, 0.1) is 24.8 Å². The molecule has 108 valence electrons. The molecule has 7 nitrogen and oxygen atoms in total. The monoisotopic (exact) mass is 281 g/mol. The topological polar surface area (TPSA) is 107 Å². The maximum Gasteiger partial charge on any atom is 0.407 e. The molecule has 0 unspecified atom stereocenters. The molecule has 1 aliphatic rings. The summed E-state index contributed by atoms with van der Waals surface area (Å²) in [4.78, 5) is 23.8. The predicted octanol–water partition coefficient (Wildman–Crippen LogP) is -0.0726. The van der Waals surface area contributed by atoms with Crippen LogP contribution in [0, 0.1) is 0 Å². The Bertz CT molecular complexity index is 491. The van der Waals surface area contributed by atoms with E-state index in [1.165, 1.54) is 0 Å². The van der Waals surface area contributed by atoms with Gasteiger partial charge in [0.2, 0.25) is 0 Å². The number of ether oxygens (including phenoxy) is 1. The van der Waals surface area contributed by atoms with Crippen LogP contribution >= 0.6 is 0 Å². The number of carboxylic acid groups (broad SMARTS) is 1. The average molecular weight is 281 g/mol. The maximum absolute atomic E-state index is 11.9. The van der Waals surface area contributed by atoms with E-state index in [9.17, 15) is 19.8 Å². The second kappa shape index (κ2) is 5.89. The zero-order chi connectivity index (χ0) is 14.7. The number of aliphatic hydroxyl groups excluding tert-OH is 2. The van der Waals surface area contributed by atoms with Crippen LogP contribution in [0.1, 0.15) is 10.4 Å². The number of hydrogen-bond acceptors (Lipinski definition) is 5. The van der Waals surface area contributed by atoms with Gasteiger partial charge >= 0.3 is 12.1 Å². The SMILES string of the molecule is O=C(O[C@H]1[C@H](O)CN(C(=O)O)[C@@H]1CO)c1ccccc1. The molecule has 1 aromatic carbocycles. The molecule has 1 aromatic rings. The number of nitrogens with zero attached hydrogens (tertiary/aromatic N) is 1. The summed E-state index contributed by atoms with van der Waals surface area (Å²) in [6.45, 7) is -0.733. The smallest absolute Gasteiger partial charge is 0.407 e. The summed E-state index contributed by atoms with van der Waals surface area (Å²) < 4.78 is 5.14. The van der Waals surface area contributed by atoms with Gasteiger partial charge in [0.25, 0.3) is 0 Å². The Morgan fingerprint density at radius 1 is 1.30 bits per heavy atom. The van der Waals surface area contributed by atoms with Gasteiger partial charge in [0.1, 0.15) is 6.10 Å². The van der Waals surface area contributed by atoms with E-state index in [1.807, 2.05) is 0 Å². The van der Waals surface area contributed by atoms with Crippen LogP contribution in [0.3, 0.4) is 0 Å². The van der Waals surface area contributed by atoms with Gasteiger partial charge in [-0.05, 0) is 12.1 Å². The Balaban J connectivity index is 2.12. The fourth-order valence-electron chi connectivity index (χ4n) is 2.22. The van der Waals surface area contributed by atoms with Gasteiger partial charge < -0.3 is 20.1 Å². The van der Waals surface area contributed by atoms with Gasteiger partial charge in [-0.25, -0.2) is 9.59 Å². The van der Waals surface area contributed by atoms with Crippen LogP contribution in [-0.4, -0.2) is 63.7 Å². The number of likely N-dealkylation sites (tertiary alicyclic amines) is 1. The van der Waals surface area contributed by atoms with Crippen molar-refractivity contribution in [3.8, 4) is 0 Å². The molecule has 0 spiro atoms. The van der Waals surface area contributed by atoms with Gasteiger partial charge in [0, 0.05) is 0 Å². The number of aliphatic hydroxyl groups is 2. The highest BCUT2D eigenvalue weighted by Crippen LogP contribution is 2.22. The first-order valence-electron chi connectivity index (χ1n) is 6.09. The minimum atomic E-state index is -1.28. The number of rotatable bonds is 3. The van der Waals surface area contributed by atoms with Gasteiger partial charge in [-0.3, -0.25) is 4.90 Å². The van der Waals surface area contributed by atoms with E-state index in [1.54, 1.807) is 30.3 Å². The van der Waals surface area contributed by atoms with Crippen LogP contribution in [0.2, 0.25) is 0 Å². The summed E-state index contributed by atoms with van der Waals surface area (Å²) in [6, 6.07) is 7.20. The zero-order valence-corrected chi connectivity index (χ0v) is 10.5. The standard InChI is InChI=1S/C13H15NO6/c15-7-9-11(10(16)6-14(9)13(18)19)20-12(17)8-4-2-1-3-5-8/h1-5,9-11,15-16H,6-7H2,(H,18,19)/t9-,10-,11-/m1/s1. The molecule has 1 aliphatic heterocycles. The summed E-state index contributed by atoms with van der Waals surface area (Å²) >= 11 is 0. The predicted molar refractivity (Wildman–Crippen MR) is 67.3 cm³/mol. The molecule has 7 heteroatoms. The highest BCUT2D eigenvalue weighted by atomic mass is 16.6. The van der Waals surface area contributed by atoms with Crippen LogP contribution in [-0.2, 0) is 4.74 Å². The van der Waals surface area contributed by atoms with E-state index >= 15 is 0 Å². The number of hydrogen-bond donors (Lipinski definition) is 3. The lowest BCUT2D eigenvalue weighted by Crippen LogP contribution is -2.43. The third kappa shape index (κ3) is 2.73. The Hall–Kier alpha value is -2.12. The highest BCUT2D eigenvalue weighted by Gasteiger charge is 2.45. The molecule has 20 heavy (non-hydrogen) atoms. The minimum Gasteiger partial charge on any atom is -0.465 e. The summed E-state index contributed by atoms with van der Waals surface area (Å²) in [7, 11) is 0. The molecule has 3 atom stereocenters. The molecule has 0 aliphatic carbocycles. The van der Waals surface area contributed by atoms with E-state index in [-0.39, 0.29) is 6.54 Å².